The van der Waals surface area contributed by atoms with E-state index in [-0.39, 0.29) is 18.0 Å². The van der Waals surface area contributed by atoms with E-state index in [0.717, 1.165) is 35.2 Å². The lowest BCUT2D eigenvalue weighted by molar-refractivity contribution is -0.131. The van der Waals surface area contributed by atoms with Crippen LogP contribution in [0.3, 0.4) is 0 Å². The summed E-state index contributed by atoms with van der Waals surface area (Å²) in [5, 5.41) is 6.27. The van der Waals surface area contributed by atoms with E-state index in [4.69, 9.17) is 0 Å². The first-order chi connectivity index (χ1) is 10.2. The minimum absolute atomic E-state index is 0.0166. The van der Waals surface area contributed by atoms with Crippen LogP contribution in [0.25, 0.3) is 10.6 Å². The van der Waals surface area contributed by atoms with Crippen molar-refractivity contribution in [2.45, 2.75) is 6.54 Å². The molecular weight excluding hydrogens is 306 g/mol. The van der Waals surface area contributed by atoms with E-state index in [9.17, 15) is 9.59 Å². The van der Waals surface area contributed by atoms with Gasteiger partial charge >= 0.3 is 0 Å². The van der Waals surface area contributed by atoms with Crippen LogP contribution in [0.15, 0.2) is 34.4 Å². The molecule has 0 spiro atoms. The van der Waals surface area contributed by atoms with E-state index < -0.39 is 0 Å². The Morgan fingerprint density at radius 1 is 1.24 bits per heavy atom. The van der Waals surface area contributed by atoms with Crippen molar-refractivity contribution in [1.29, 1.82) is 0 Å². The van der Waals surface area contributed by atoms with Gasteiger partial charge in [-0.1, -0.05) is 6.07 Å². The quantitative estimate of drug-likeness (QED) is 0.861. The Morgan fingerprint density at radius 3 is 2.76 bits per heavy atom. The van der Waals surface area contributed by atoms with Crippen molar-refractivity contribution >= 4 is 29.0 Å². The van der Waals surface area contributed by atoms with Gasteiger partial charge < -0.3 is 4.90 Å². The van der Waals surface area contributed by atoms with Gasteiger partial charge in [-0.25, -0.2) is 4.68 Å². The third kappa shape index (κ3) is 3.36. The topological polar surface area (TPSA) is 55.2 Å². The van der Waals surface area contributed by atoms with Gasteiger partial charge in [0.2, 0.25) is 5.91 Å². The van der Waals surface area contributed by atoms with Crippen molar-refractivity contribution in [2.75, 3.05) is 24.6 Å². The van der Waals surface area contributed by atoms with Gasteiger partial charge in [0.15, 0.2) is 0 Å². The molecule has 1 fully saturated rings. The molecule has 0 bridgehead atoms. The molecule has 0 radical (unpaired) electrons. The molecule has 2 aromatic heterocycles. The number of amides is 1. The minimum atomic E-state index is -0.241. The van der Waals surface area contributed by atoms with Crippen molar-refractivity contribution in [3.8, 4) is 10.6 Å². The number of thioether (sulfide) groups is 1. The highest BCUT2D eigenvalue weighted by atomic mass is 32.2. The van der Waals surface area contributed by atoms with E-state index >= 15 is 0 Å². The number of carbonyl (C=O) groups excluding carboxylic acids is 1. The second-order valence-corrected chi connectivity index (χ2v) is 6.86. The van der Waals surface area contributed by atoms with Crippen LogP contribution in [0.5, 0.6) is 0 Å². The highest BCUT2D eigenvalue weighted by Crippen LogP contribution is 2.21. The molecule has 21 heavy (non-hydrogen) atoms. The normalized spacial score (nSPS) is 15.1. The number of nitrogens with zero attached hydrogens (tertiary/aromatic N) is 3. The zero-order valence-electron chi connectivity index (χ0n) is 11.4. The van der Waals surface area contributed by atoms with Gasteiger partial charge in [0, 0.05) is 30.7 Å². The highest BCUT2D eigenvalue weighted by molar-refractivity contribution is 7.99. The third-order valence-corrected chi connectivity index (χ3v) is 5.12. The van der Waals surface area contributed by atoms with Gasteiger partial charge in [-0.2, -0.15) is 16.9 Å². The number of aromatic nitrogens is 2. The van der Waals surface area contributed by atoms with Gasteiger partial charge in [-0.15, -0.1) is 11.3 Å². The maximum atomic E-state index is 12.2. The standard InChI is InChI=1S/C14H15N3O2S2/c18-13-4-3-11(12-2-1-7-21-12)15-17(13)10-14(19)16-5-8-20-9-6-16/h1-4,7H,5-6,8-10H2. The predicted molar refractivity (Wildman–Crippen MR) is 85.7 cm³/mol. The van der Waals surface area contributed by atoms with Crippen LogP contribution in [-0.4, -0.2) is 45.2 Å². The fraction of sp³-hybridized carbons (Fsp3) is 0.357. The molecule has 1 saturated heterocycles. The molecule has 3 rings (SSSR count). The Morgan fingerprint density at radius 2 is 2.05 bits per heavy atom. The Labute approximate surface area is 130 Å². The van der Waals surface area contributed by atoms with Crippen LogP contribution in [0.1, 0.15) is 0 Å². The van der Waals surface area contributed by atoms with E-state index in [2.05, 4.69) is 5.10 Å². The van der Waals surface area contributed by atoms with Crippen LogP contribution in [-0.2, 0) is 11.3 Å². The highest BCUT2D eigenvalue weighted by Gasteiger charge is 2.18. The van der Waals surface area contributed by atoms with Crippen molar-refractivity contribution in [3.05, 3.63) is 40.0 Å². The molecule has 110 valence electrons. The summed E-state index contributed by atoms with van der Waals surface area (Å²) in [6.45, 7) is 1.52. The first-order valence-corrected chi connectivity index (χ1v) is 8.75. The summed E-state index contributed by atoms with van der Waals surface area (Å²) in [5.74, 6) is 1.89. The summed E-state index contributed by atoms with van der Waals surface area (Å²) in [7, 11) is 0. The van der Waals surface area contributed by atoms with Crippen molar-refractivity contribution < 1.29 is 4.79 Å². The molecule has 0 aliphatic carbocycles. The Balaban J connectivity index is 1.79. The second-order valence-electron chi connectivity index (χ2n) is 4.68. The zero-order valence-corrected chi connectivity index (χ0v) is 13.0. The molecule has 0 atom stereocenters. The van der Waals surface area contributed by atoms with Crippen LogP contribution in [0.2, 0.25) is 0 Å². The van der Waals surface area contributed by atoms with E-state index in [0.29, 0.717) is 0 Å². The Bertz CT molecular complexity index is 676. The van der Waals surface area contributed by atoms with Gasteiger partial charge in [0.25, 0.3) is 5.56 Å². The number of rotatable bonds is 3. The first kappa shape index (κ1) is 14.3. The van der Waals surface area contributed by atoms with Gasteiger partial charge in [0.05, 0.1) is 4.88 Å². The minimum Gasteiger partial charge on any atom is -0.339 e. The molecule has 7 heteroatoms. The summed E-state index contributed by atoms with van der Waals surface area (Å²) in [6, 6.07) is 7.06. The summed E-state index contributed by atoms with van der Waals surface area (Å²) in [6.07, 6.45) is 0. The van der Waals surface area contributed by atoms with Gasteiger partial charge in [-0.05, 0) is 17.5 Å². The van der Waals surface area contributed by atoms with Gasteiger partial charge in [0.1, 0.15) is 12.2 Å². The van der Waals surface area contributed by atoms with E-state index in [1.54, 1.807) is 17.4 Å². The number of thiophene rings is 1. The molecule has 0 saturated carbocycles. The average molecular weight is 321 g/mol. The molecule has 1 aliphatic heterocycles. The molecule has 0 N–H and O–H groups in total. The predicted octanol–water partition coefficient (Wildman–Crippen LogP) is 1.55. The zero-order chi connectivity index (χ0) is 14.7. The molecule has 3 heterocycles. The number of hydrogen-bond acceptors (Lipinski definition) is 5. The Kier molecular flexibility index (Phi) is 4.40. The molecule has 1 aliphatic rings. The molecule has 2 aromatic rings. The van der Waals surface area contributed by atoms with Crippen molar-refractivity contribution in [3.63, 3.8) is 0 Å². The fourth-order valence-corrected chi connectivity index (χ4v) is 3.75. The summed E-state index contributed by atoms with van der Waals surface area (Å²) in [4.78, 5) is 26.9. The fourth-order valence-electron chi connectivity index (χ4n) is 2.16. The molecule has 1 amide bonds. The van der Waals surface area contributed by atoms with Crippen LogP contribution in [0, 0.1) is 0 Å². The molecule has 0 unspecified atom stereocenters. The van der Waals surface area contributed by atoms with Crippen LogP contribution < -0.4 is 5.56 Å². The van der Waals surface area contributed by atoms with Crippen LogP contribution >= 0.6 is 23.1 Å². The summed E-state index contributed by atoms with van der Waals surface area (Å²) < 4.78 is 1.26. The largest absolute Gasteiger partial charge is 0.339 e. The first-order valence-electron chi connectivity index (χ1n) is 6.71. The number of hydrogen-bond donors (Lipinski definition) is 0. The average Bonchev–Trinajstić information content (AvgIpc) is 3.04. The van der Waals surface area contributed by atoms with Crippen molar-refractivity contribution in [2.24, 2.45) is 0 Å². The smallest absolute Gasteiger partial charge is 0.267 e. The number of carbonyl (C=O) groups is 1. The monoisotopic (exact) mass is 321 g/mol. The SMILES string of the molecule is O=C(Cn1nc(-c2cccs2)ccc1=O)N1CCSCC1. The second kappa shape index (κ2) is 6.44. The molecular formula is C14H15N3O2S2. The van der Waals surface area contributed by atoms with Crippen molar-refractivity contribution in [1.82, 2.24) is 14.7 Å². The van der Waals surface area contributed by atoms with Gasteiger partial charge in [-0.3, -0.25) is 9.59 Å². The Hall–Kier alpha value is -1.60. The van der Waals surface area contributed by atoms with E-state index in [1.165, 1.54) is 10.7 Å². The third-order valence-electron chi connectivity index (χ3n) is 3.29. The van der Waals surface area contributed by atoms with Crippen LogP contribution in [0.4, 0.5) is 0 Å². The lowest BCUT2D eigenvalue weighted by atomic mass is 10.3. The summed E-state index contributed by atoms with van der Waals surface area (Å²) in [5.41, 5.74) is 0.488. The molecule has 0 aromatic carbocycles. The maximum Gasteiger partial charge on any atom is 0.267 e. The van der Waals surface area contributed by atoms with E-state index in [1.807, 2.05) is 34.2 Å². The maximum absolute atomic E-state index is 12.2. The lowest BCUT2D eigenvalue weighted by Gasteiger charge is -2.26. The molecule has 5 nitrogen and oxygen atoms in total. The summed E-state index contributed by atoms with van der Waals surface area (Å²) >= 11 is 3.41. The lowest BCUT2D eigenvalue weighted by Crippen LogP contribution is -2.41.